The Hall–Kier alpha value is -5.34. The first-order chi connectivity index (χ1) is 24.8. The summed E-state index contributed by atoms with van der Waals surface area (Å²) in [7, 11) is 0. The Morgan fingerprint density at radius 3 is 1.66 bits per heavy atom. The molecule has 9 aromatic rings. The van der Waals surface area contributed by atoms with Crippen LogP contribution in [0.4, 0.5) is 0 Å². The average Bonchev–Trinajstić information content (AvgIpc) is 3.76. The van der Waals surface area contributed by atoms with Gasteiger partial charge in [0, 0.05) is 38.3 Å². The van der Waals surface area contributed by atoms with Crippen LogP contribution in [0.5, 0.6) is 0 Å². The van der Waals surface area contributed by atoms with Crippen molar-refractivity contribution in [3.63, 3.8) is 0 Å². The Labute approximate surface area is 290 Å². The first-order valence-corrected chi connectivity index (χ1v) is 18.8. The summed E-state index contributed by atoms with van der Waals surface area (Å²) < 4.78 is 5.05. The average molecular weight is 641 g/mol. The third kappa shape index (κ3) is 3.06. The number of hydrogen-bond acceptors (Lipinski definition) is 0. The zero-order chi connectivity index (χ0) is 32.3. The second-order valence-corrected chi connectivity index (χ2v) is 16.2. The van der Waals surface area contributed by atoms with Crippen LogP contribution in [0.25, 0.3) is 76.5 Å². The Morgan fingerprint density at radius 1 is 0.400 bits per heavy atom. The Bertz CT molecular complexity index is 2910. The lowest BCUT2D eigenvalue weighted by Crippen LogP contribution is -2.55. The molecule has 0 radical (unpaired) electrons. The number of hydrogen-bond donors (Lipinski definition) is 0. The third-order valence-corrected chi connectivity index (χ3v) is 14.0. The molecular formula is C48H36N2. The van der Waals surface area contributed by atoms with E-state index < -0.39 is 0 Å². The highest BCUT2D eigenvalue weighted by Crippen LogP contribution is 2.69. The van der Waals surface area contributed by atoms with E-state index in [4.69, 9.17) is 0 Å². The molecule has 2 heterocycles. The lowest BCUT2D eigenvalue weighted by atomic mass is 9.43. The highest BCUT2D eigenvalue weighted by molar-refractivity contribution is 6.20. The minimum absolute atomic E-state index is 0.139. The molecule has 238 valence electrons. The lowest BCUT2D eigenvalue weighted by molar-refractivity contribution is -0.0397. The fourth-order valence-corrected chi connectivity index (χ4v) is 12.5. The SMILES string of the molecule is c1ccc(-n2c3ccccc3c3cc4c(cc32)c2ccccc2n4-c2cc3c4c(ccc5cccc(c54)C34C3CC5CC(C3)CC4C5)c2)cc1. The molecule has 50 heavy (non-hydrogen) atoms. The molecule has 0 atom stereocenters. The molecule has 4 bridgehead atoms. The van der Waals surface area contributed by atoms with Crippen LogP contribution >= 0.6 is 0 Å². The fraction of sp³-hybridized carbons (Fsp3) is 0.208. The van der Waals surface area contributed by atoms with E-state index in [2.05, 4.69) is 143 Å². The van der Waals surface area contributed by atoms with E-state index >= 15 is 0 Å². The van der Waals surface area contributed by atoms with Crippen molar-refractivity contribution in [1.82, 2.24) is 9.13 Å². The van der Waals surface area contributed by atoms with Gasteiger partial charge >= 0.3 is 0 Å². The van der Waals surface area contributed by atoms with Crippen LogP contribution in [0, 0.1) is 23.7 Å². The Morgan fingerprint density at radius 2 is 0.980 bits per heavy atom. The molecular weight excluding hydrogens is 605 g/mol. The van der Waals surface area contributed by atoms with Crippen LogP contribution in [0.15, 0.2) is 133 Å². The maximum absolute atomic E-state index is 2.67. The van der Waals surface area contributed by atoms with Gasteiger partial charge in [0.1, 0.15) is 0 Å². The predicted molar refractivity (Wildman–Crippen MR) is 208 cm³/mol. The van der Waals surface area contributed by atoms with E-state index in [0.717, 1.165) is 23.7 Å². The first kappa shape index (κ1) is 26.5. The zero-order valence-electron chi connectivity index (χ0n) is 27.9. The zero-order valence-corrected chi connectivity index (χ0v) is 27.9. The summed E-state index contributed by atoms with van der Waals surface area (Å²) in [4.78, 5) is 0. The molecule has 0 saturated heterocycles. The smallest absolute Gasteiger partial charge is 0.0548 e. The molecule has 2 aromatic heterocycles. The van der Waals surface area contributed by atoms with Crippen molar-refractivity contribution >= 4 is 65.2 Å². The number of fused-ring (bicyclic) bond motifs is 6. The minimum Gasteiger partial charge on any atom is -0.309 e. The summed E-state index contributed by atoms with van der Waals surface area (Å²) in [5.74, 6) is 3.36. The van der Waals surface area contributed by atoms with Gasteiger partial charge in [-0.15, -0.1) is 0 Å². The van der Waals surface area contributed by atoms with Gasteiger partial charge < -0.3 is 9.13 Å². The van der Waals surface area contributed by atoms with Crippen molar-refractivity contribution in [3.8, 4) is 11.4 Å². The van der Waals surface area contributed by atoms with E-state index in [1.165, 1.54) is 97.9 Å². The van der Waals surface area contributed by atoms with E-state index in [0.29, 0.717) is 0 Å². The van der Waals surface area contributed by atoms with Crippen LogP contribution in [-0.4, -0.2) is 9.13 Å². The summed E-state index contributed by atoms with van der Waals surface area (Å²) in [5.41, 5.74) is 11.0. The number of rotatable bonds is 2. The normalized spacial score (nSPS) is 24.9. The second kappa shape index (κ2) is 9.06. The van der Waals surface area contributed by atoms with Crippen molar-refractivity contribution < 1.29 is 0 Å². The topological polar surface area (TPSA) is 9.86 Å². The summed E-state index contributed by atoms with van der Waals surface area (Å²) in [5, 5.41) is 11.1. The molecule has 14 rings (SSSR count). The standard InChI is InChI=1S/C48H36N2/c1-2-10-34(11-3-1)49-42-15-6-4-12-36(42)38-27-45-39(26-44(38)49)37-13-5-7-16-43(37)50(45)35-24-31-18-17-30-9-8-14-40-46(30)47(31)41(25-35)48(40)32-20-28-19-29(22-32)23-33(48)21-28/h1-18,24-29,32-33H,19-23H2. The summed E-state index contributed by atoms with van der Waals surface area (Å²) in [6, 6.07) is 51.1. The van der Waals surface area contributed by atoms with Gasteiger partial charge in [0.2, 0.25) is 0 Å². The van der Waals surface area contributed by atoms with Gasteiger partial charge in [0.15, 0.2) is 0 Å². The Balaban J connectivity index is 1.15. The monoisotopic (exact) mass is 640 g/mol. The molecule has 2 nitrogen and oxygen atoms in total. The molecule has 0 amide bonds. The summed E-state index contributed by atoms with van der Waals surface area (Å²) in [6.45, 7) is 0. The van der Waals surface area contributed by atoms with Gasteiger partial charge in [-0.1, -0.05) is 84.9 Å². The highest BCUT2D eigenvalue weighted by Gasteiger charge is 2.61. The summed E-state index contributed by atoms with van der Waals surface area (Å²) in [6.07, 6.45) is 7.10. The van der Waals surface area contributed by atoms with Crippen LogP contribution in [0.1, 0.15) is 43.2 Å². The molecule has 5 aliphatic carbocycles. The van der Waals surface area contributed by atoms with E-state index in [9.17, 15) is 0 Å². The predicted octanol–water partition coefficient (Wildman–Crippen LogP) is 12.2. The van der Waals surface area contributed by atoms with Gasteiger partial charge in [-0.25, -0.2) is 0 Å². The van der Waals surface area contributed by atoms with Crippen molar-refractivity contribution in [3.05, 3.63) is 145 Å². The molecule has 0 unspecified atom stereocenters. The van der Waals surface area contributed by atoms with Gasteiger partial charge in [-0.05, 0) is 137 Å². The summed E-state index contributed by atoms with van der Waals surface area (Å²) >= 11 is 0. The van der Waals surface area contributed by atoms with Crippen LogP contribution in [0.2, 0.25) is 0 Å². The third-order valence-electron chi connectivity index (χ3n) is 14.0. The van der Waals surface area contributed by atoms with Crippen molar-refractivity contribution in [1.29, 1.82) is 0 Å². The van der Waals surface area contributed by atoms with Gasteiger partial charge in [-0.3, -0.25) is 0 Å². The number of benzene rings is 7. The number of aromatic nitrogens is 2. The molecule has 5 aliphatic rings. The maximum Gasteiger partial charge on any atom is 0.0548 e. The molecule has 4 fully saturated rings. The minimum atomic E-state index is 0.139. The second-order valence-electron chi connectivity index (χ2n) is 16.2. The fourth-order valence-electron chi connectivity index (χ4n) is 12.5. The first-order valence-electron chi connectivity index (χ1n) is 18.8. The Kier molecular flexibility index (Phi) is 4.80. The van der Waals surface area contributed by atoms with Crippen molar-refractivity contribution in [2.75, 3.05) is 0 Å². The number of para-hydroxylation sites is 3. The van der Waals surface area contributed by atoms with Crippen LogP contribution in [-0.2, 0) is 5.41 Å². The van der Waals surface area contributed by atoms with Crippen LogP contribution < -0.4 is 0 Å². The van der Waals surface area contributed by atoms with Crippen molar-refractivity contribution in [2.24, 2.45) is 23.7 Å². The lowest BCUT2D eigenvalue weighted by Gasteiger charge is -2.61. The number of nitrogens with zero attached hydrogens (tertiary/aromatic N) is 2. The highest BCUT2D eigenvalue weighted by atomic mass is 15.0. The molecule has 4 saturated carbocycles. The van der Waals surface area contributed by atoms with E-state index in [-0.39, 0.29) is 5.41 Å². The molecule has 1 spiro atoms. The van der Waals surface area contributed by atoms with Gasteiger partial charge in [0.25, 0.3) is 0 Å². The molecule has 0 aliphatic heterocycles. The maximum atomic E-state index is 2.67. The quantitative estimate of drug-likeness (QED) is 0.166. The van der Waals surface area contributed by atoms with E-state index in [1.807, 2.05) is 0 Å². The van der Waals surface area contributed by atoms with Crippen LogP contribution in [0.3, 0.4) is 0 Å². The molecule has 2 heteroatoms. The molecule has 7 aromatic carbocycles. The van der Waals surface area contributed by atoms with Crippen molar-refractivity contribution in [2.45, 2.75) is 37.5 Å². The van der Waals surface area contributed by atoms with E-state index in [1.54, 1.807) is 21.9 Å². The molecule has 0 N–H and O–H groups in total. The van der Waals surface area contributed by atoms with Gasteiger partial charge in [0.05, 0.1) is 22.1 Å². The van der Waals surface area contributed by atoms with Gasteiger partial charge in [-0.2, -0.15) is 0 Å². The largest absolute Gasteiger partial charge is 0.309 e.